The minimum atomic E-state index is 0.734. The fraction of sp³-hybridized carbons (Fsp3) is 0.714. The van der Waals surface area contributed by atoms with E-state index in [1.165, 1.54) is 25.7 Å². The van der Waals surface area contributed by atoms with Crippen LogP contribution in [-0.2, 0) is 0 Å². The highest BCUT2D eigenvalue weighted by molar-refractivity contribution is 5.50. The zero-order chi connectivity index (χ0) is 10.3. The van der Waals surface area contributed by atoms with Crippen molar-refractivity contribution in [3.8, 4) is 0 Å². The van der Waals surface area contributed by atoms with E-state index in [1.54, 1.807) is 22.3 Å². The van der Waals surface area contributed by atoms with Crippen molar-refractivity contribution in [2.24, 2.45) is 11.8 Å². The van der Waals surface area contributed by atoms with Gasteiger partial charge in [-0.25, -0.2) is 0 Å². The van der Waals surface area contributed by atoms with Crippen molar-refractivity contribution in [1.29, 1.82) is 0 Å². The second-order valence-corrected chi connectivity index (χ2v) is 5.36. The highest BCUT2D eigenvalue weighted by Crippen LogP contribution is 2.47. The molecular weight excluding hydrogens is 168 g/mol. The number of hydrogen-bond acceptors (Lipinski definition) is 0. The normalized spacial score (nSPS) is 21.9. The van der Waals surface area contributed by atoms with Crippen LogP contribution in [0.1, 0.15) is 53.4 Å². The van der Waals surface area contributed by atoms with Gasteiger partial charge in [-0.15, -0.1) is 0 Å². The summed E-state index contributed by atoms with van der Waals surface area (Å²) < 4.78 is 0. The van der Waals surface area contributed by atoms with E-state index in [0.29, 0.717) is 0 Å². The van der Waals surface area contributed by atoms with Gasteiger partial charge in [0.15, 0.2) is 0 Å². The van der Waals surface area contributed by atoms with Gasteiger partial charge in [-0.1, -0.05) is 38.8 Å². The van der Waals surface area contributed by atoms with Gasteiger partial charge >= 0.3 is 0 Å². The van der Waals surface area contributed by atoms with E-state index in [9.17, 15) is 0 Å². The van der Waals surface area contributed by atoms with E-state index < -0.39 is 0 Å². The smallest absolute Gasteiger partial charge is 0.00939 e. The Morgan fingerprint density at radius 1 is 0.929 bits per heavy atom. The molecule has 0 saturated heterocycles. The zero-order valence-electron chi connectivity index (χ0n) is 9.98. The van der Waals surface area contributed by atoms with Crippen molar-refractivity contribution in [3.05, 3.63) is 22.3 Å². The number of rotatable bonds is 2. The standard InChI is InChI=1S/C14H22/c1-9(2)13-8-11-6-5-7-12(11)14(13)10(3)4/h9-10H,5-8H2,1-4H3. The van der Waals surface area contributed by atoms with Gasteiger partial charge in [0.1, 0.15) is 0 Å². The van der Waals surface area contributed by atoms with Crippen molar-refractivity contribution in [3.63, 3.8) is 0 Å². The van der Waals surface area contributed by atoms with Gasteiger partial charge < -0.3 is 0 Å². The lowest BCUT2D eigenvalue weighted by atomic mass is 9.88. The SMILES string of the molecule is CC(C)C1=C(C(C)C)C2=C(CCC2)C1. The molecule has 2 rings (SSSR count). The van der Waals surface area contributed by atoms with Crippen molar-refractivity contribution >= 4 is 0 Å². The molecule has 0 aromatic carbocycles. The van der Waals surface area contributed by atoms with Crippen molar-refractivity contribution < 1.29 is 0 Å². The van der Waals surface area contributed by atoms with Gasteiger partial charge in [-0.3, -0.25) is 0 Å². The van der Waals surface area contributed by atoms with Crippen LogP contribution in [0.15, 0.2) is 22.3 Å². The maximum absolute atomic E-state index is 2.35. The fourth-order valence-electron chi connectivity index (χ4n) is 3.08. The Bertz CT molecular complexity index is 300. The molecule has 14 heavy (non-hydrogen) atoms. The minimum Gasteiger partial charge on any atom is -0.0626 e. The van der Waals surface area contributed by atoms with Crippen LogP contribution < -0.4 is 0 Å². The first-order valence-electron chi connectivity index (χ1n) is 6.05. The average molecular weight is 190 g/mol. The van der Waals surface area contributed by atoms with Gasteiger partial charge in [0.05, 0.1) is 0 Å². The van der Waals surface area contributed by atoms with Gasteiger partial charge in [0.2, 0.25) is 0 Å². The first-order chi connectivity index (χ1) is 6.61. The second-order valence-electron chi connectivity index (χ2n) is 5.36. The van der Waals surface area contributed by atoms with E-state index >= 15 is 0 Å². The molecule has 0 aliphatic heterocycles. The molecular formula is C14H22. The maximum atomic E-state index is 2.35. The average Bonchev–Trinajstić information content (AvgIpc) is 2.58. The van der Waals surface area contributed by atoms with Crippen LogP contribution in [0.5, 0.6) is 0 Å². The molecule has 0 aromatic heterocycles. The molecule has 2 aliphatic rings. The van der Waals surface area contributed by atoms with E-state index in [1.807, 2.05) is 0 Å². The van der Waals surface area contributed by atoms with E-state index in [2.05, 4.69) is 27.7 Å². The van der Waals surface area contributed by atoms with Crippen LogP contribution in [0.3, 0.4) is 0 Å². The molecule has 0 spiro atoms. The van der Waals surface area contributed by atoms with Crippen LogP contribution in [0.2, 0.25) is 0 Å². The van der Waals surface area contributed by atoms with Gasteiger partial charge in [-0.2, -0.15) is 0 Å². The van der Waals surface area contributed by atoms with Crippen LogP contribution in [-0.4, -0.2) is 0 Å². The van der Waals surface area contributed by atoms with Gasteiger partial charge in [-0.05, 0) is 48.7 Å². The molecule has 0 nitrogen and oxygen atoms in total. The van der Waals surface area contributed by atoms with Crippen molar-refractivity contribution in [2.45, 2.75) is 53.4 Å². The molecule has 0 atom stereocenters. The molecule has 0 amide bonds. The third-order valence-electron chi connectivity index (χ3n) is 3.68. The lowest BCUT2D eigenvalue weighted by molar-refractivity contribution is 0.679. The lowest BCUT2D eigenvalue weighted by Gasteiger charge is -2.17. The Labute approximate surface area is 88.1 Å². The Morgan fingerprint density at radius 2 is 1.64 bits per heavy atom. The van der Waals surface area contributed by atoms with Crippen LogP contribution in [0, 0.1) is 11.8 Å². The molecule has 0 bridgehead atoms. The molecule has 0 fully saturated rings. The second kappa shape index (κ2) is 3.56. The van der Waals surface area contributed by atoms with Gasteiger partial charge in [0, 0.05) is 0 Å². The molecule has 0 N–H and O–H groups in total. The predicted molar refractivity (Wildman–Crippen MR) is 62.2 cm³/mol. The molecule has 0 heterocycles. The van der Waals surface area contributed by atoms with E-state index in [4.69, 9.17) is 0 Å². The summed E-state index contributed by atoms with van der Waals surface area (Å²) in [5.41, 5.74) is 7.00. The quantitative estimate of drug-likeness (QED) is 0.602. The van der Waals surface area contributed by atoms with Crippen molar-refractivity contribution in [2.75, 3.05) is 0 Å². The molecule has 0 radical (unpaired) electrons. The van der Waals surface area contributed by atoms with Crippen LogP contribution in [0.4, 0.5) is 0 Å². The summed E-state index contributed by atoms with van der Waals surface area (Å²) >= 11 is 0. The summed E-state index contributed by atoms with van der Waals surface area (Å²) in [6.07, 6.45) is 5.45. The molecule has 0 saturated carbocycles. The predicted octanol–water partition coefficient (Wildman–Crippen LogP) is 4.48. The first kappa shape index (κ1) is 10.0. The lowest BCUT2D eigenvalue weighted by Crippen LogP contribution is -2.02. The summed E-state index contributed by atoms with van der Waals surface area (Å²) in [5, 5.41) is 0. The summed E-state index contributed by atoms with van der Waals surface area (Å²) in [5.74, 6) is 1.48. The highest BCUT2D eigenvalue weighted by Gasteiger charge is 2.29. The molecule has 78 valence electrons. The van der Waals surface area contributed by atoms with Crippen LogP contribution >= 0.6 is 0 Å². The molecule has 0 unspecified atom stereocenters. The topological polar surface area (TPSA) is 0 Å². The molecule has 0 heteroatoms. The van der Waals surface area contributed by atoms with Crippen LogP contribution in [0.25, 0.3) is 0 Å². The monoisotopic (exact) mass is 190 g/mol. The number of allylic oxidation sites excluding steroid dienone is 4. The van der Waals surface area contributed by atoms with Crippen molar-refractivity contribution in [1.82, 2.24) is 0 Å². The molecule has 2 aliphatic carbocycles. The third-order valence-corrected chi connectivity index (χ3v) is 3.68. The Morgan fingerprint density at radius 3 is 2.21 bits per heavy atom. The first-order valence-corrected chi connectivity index (χ1v) is 6.05. The molecule has 0 aromatic rings. The summed E-state index contributed by atoms with van der Waals surface area (Å²) in [4.78, 5) is 0. The zero-order valence-corrected chi connectivity index (χ0v) is 9.98. The van der Waals surface area contributed by atoms with E-state index in [-0.39, 0.29) is 0 Å². The Kier molecular flexibility index (Phi) is 2.55. The highest BCUT2D eigenvalue weighted by atomic mass is 14.3. The third kappa shape index (κ3) is 1.45. The minimum absolute atomic E-state index is 0.734. The Hall–Kier alpha value is -0.520. The largest absolute Gasteiger partial charge is 0.0626 e. The fourth-order valence-corrected chi connectivity index (χ4v) is 3.08. The maximum Gasteiger partial charge on any atom is -0.00939 e. The number of hydrogen-bond donors (Lipinski definition) is 0. The van der Waals surface area contributed by atoms with Gasteiger partial charge in [0.25, 0.3) is 0 Å². The Balaban J connectivity index is 2.36. The van der Waals surface area contributed by atoms with E-state index in [0.717, 1.165) is 11.8 Å². The summed E-state index contributed by atoms with van der Waals surface area (Å²) in [7, 11) is 0. The summed E-state index contributed by atoms with van der Waals surface area (Å²) in [6.45, 7) is 9.40. The summed E-state index contributed by atoms with van der Waals surface area (Å²) in [6, 6.07) is 0.